The van der Waals surface area contributed by atoms with Gasteiger partial charge in [-0.1, -0.05) is 50.2 Å². The number of hydrogen-bond acceptors (Lipinski definition) is 7. The van der Waals surface area contributed by atoms with Gasteiger partial charge in [0.15, 0.2) is 23.2 Å². The number of amides is 2. The molecule has 0 saturated heterocycles. The summed E-state index contributed by atoms with van der Waals surface area (Å²) in [6, 6.07) is 11.0. The zero-order chi connectivity index (χ0) is 29.9. The average Bonchev–Trinajstić information content (AvgIpc) is 3.36. The van der Waals surface area contributed by atoms with Gasteiger partial charge in [-0.25, -0.2) is 0 Å². The summed E-state index contributed by atoms with van der Waals surface area (Å²) < 4.78 is 35.4. The third-order valence-electron chi connectivity index (χ3n) is 6.48. The van der Waals surface area contributed by atoms with E-state index >= 15 is 0 Å². The summed E-state index contributed by atoms with van der Waals surface area (Å²) in [5.41, 5.74) is 1.07. The van der Waals surface area contributed by atoms with Crippen molar-refractivity contribution in [2.24, 2.45) is 5.92 Å². The highest BCUT2D eigenvalue weighted by atomic mass is 19.3. The number of halogens is 2. The number of hydrogen-bond donors (Lipinski definition) is 5. The minimum absolute atomic E-state index is 0.119. The standard InChI is InChI=1S/C29H29F2N3O7/c1-15(2)25(26(37)24-16(3)27(38)34-28(24)39)33-23(36)14-19(18-7-5-4-6-8-18)32-22(35)12-10-17-9-11-20-21(13-17)41-29(30,31)40-20/h4-13,15,19,25,34,38-39H,14H2,1-3H3,(H,32,35)(H,33,36)/t19-,25-/m0/s1. The van der Waals surface area contributed by atoms with E-state index in [9.17, 15) is 33.4 Å². The van der Waals surface area contributed by atoms with Crippen molar-refractivity contribution in [2.45, 2.75) is 45.6 Å². The lowest BCUT2D eigenvalue weighted by atomic mass is 9.93. The molecule has 10 nitrogen and oxygen atoms in total. The molecule has 2 aromatic carbocycles. The Balaban J connectivity index is 1.47. The molecule has 3 aromatic rings. The lowest BCUT2D eigenvalue weighted by molar-refractivity contribution is -0.286. The van der Waals surface area contributed by atoms with Crippen LogP contribution in [0.3, 0.4) is 0 Å². The smallest absolute Gasteiger partial charge is 0.494 e. The maximum absolute atomic E-state index is 13.3. The normalized spacial score (nSPS) is 15.1. The second-order valence-electron chi connectivity index (χ2n) is 9.86. The number of ether oxygens (including phenoxy) is 2. The van der Waals surface area contributed by atoms with Crippen LogP contribution in [0.2, 0.25) is 0 Å². The summed E-state index contributed by atoms with van der Waals surface area (Å²) in [7, 11) is 0. The first-order valence-corrected chi connectivity index (χ1v) is 12.7. The Morgan fingerprint density at radius 1 is 1.00 bits per heavy atom. The van der Waals surface area contributed by atoms with Gasteiger partial charge in [0.25, 0.3) is 0 Å². The molecule has 12 heteroatoms. The number of ketones is 1. The first-order valence-electron chi connectivity index (χ1n) is 12.7. The van der Waals surface area contributed by atoms with Crippen LogP contribution in [0.25, 0.3) is 6.08 Å². The molecule has 0 saturated carbocycles. The Morgan fingerprint density at radius 2 is 1.68 bits per heavy atom. The number of aromatic hydroxyl groups is 2. The average molecular weight is 570 g/mol. The second-order valence-corrected chi connectivity index (χ2v) is 9.86. The van der Waals surface area contributed by atoms with E-state index < -0.39 is 41.9 Å². The molecule has 2 amide bonds. The number of benzene rings is 2. The Kier molecular flexibility index (Phi) is 8.31. The largest absolute Gasteiger partial charge is 0.586 e. The van der Waals surface area contributed by atoms with Gasteiger partial charge in [-0.3, -0.25) is 19.4 Å². The zero-order valence-corrected chi connectivity index (χ0v) is 22.4. The predicted octanol–water partition coefficient (Wildman–Crippen LogP) is 4.34. The van der Waals surface area contributed by atoms with Gasteiger partial charge < -0.3 is 30.3 Å². The van der Waals surface area contributed by atoms with Crippen LogP contribution in [0.4, 0.5) is 8.78 Å². The molecule has 1 aliphatic heterocycles. The summed E-state index contributed by atoms with van der Waals surface area (Å²) in [5.74, 6) is -3.17. The monoisotopic (exact) mass is 569 g/mol. The third-order valence-corrected chi connectivity index (χ3v) is 6.48. The molecule has 0 spiro atoms. The van der Waals surface area contributed by atoms with Crippen molar-refractivity contribution >= 4 is 23.7 Å². The molecule has 0 radical (unpaired) electrons. The van der Waals surface area contributed by atoms with Gasteiger partial charge in [-0.05, 0) is 42.2 Å². The maximum atomic E-state index is 13.3. The number of aromatic amines is 1. The lowest BCUT2D eigenvalue weighted by Gasteiger charge is -2.24. The van der Waals surface area contributed by atoms with E-state index in [-0.39, 0.29) is 40.8 Å². The number of carbonyl (C=O) groups excluding carboxylic acids is 3. The number of fused-ring (bicyclic) bond motifs is 1. The first-order chi connectivity index (χ1) is 19.3. The highest BCUT2D eigenvalue weighted by Gasteiger charge is 2.43. The van der Waals surface area contributed by atoms with Crippen molar-refractivity contribution < 1.29 is 42.9 Å². The second kappa shape index (κ2) is 11.7. The van der Waals surface area contributed by atoms with E-state index in [1.807, 2.05) is 0 Å². The van der Waals surface area contributed by atoms with Gasteiger partial charge in [0.1, 0.15) is 0 Å². The number of aromatic nitrogens is 1. The van der Waals surface area contributed by atoms with Crippen molar-refractivity contribution in [3.8, 4) is 23.3 Å². The van der Waals surface area contributed by atoms with Crippen LogP contribution < -0.4 is 20.1 Å². The predicted molar refractivity (Wildman–Crippen MR) is 144 cm³/mol. The van der Waals surface area contributed by atoms with Gasteiger partial charge in [-0.2, -0.15) is 0 Å². The molecule has 1 aliphatic rings. The van der Waals surface area contributed by atoms with E-state index in [1.54, 1.807) is 44.2 Å². The molecule has 2 atom stereocenters. The Hall–Kier alpha value is -4.87. The number of carbonyl (C=O) groups is 3. The zero-order valence-electron chi connectivity index (χ0n) is 22.4. The van der Waals surface area contributed by atoms with Gasteiger partial charge in [0, 0.05) is 11.6 Å². The van der Waals surface area contributed by atoms with E-state index in [2.05, 4.69) is 25.1 Å². The van der Waals surface area contributed by atoms with Crippen LogP contribution >= 0.6 is 0 Å². The molecule has 41 heavy (non-hydrogen) atoms. The number of H-pyrrole nitrogens is 1. The van der Waals surface area contributed by atoms with Gasteiger partial charge >= 0.3 is 6.29 Å². The Bertz CT molecular complexity index is 1490. The van der Waals surface area contributed by atoms with Gasteiger partial charge in [-0.15, -0.1) is 8.78 Å². The highest BCUT2D eigenvalue weighted by molar-refractivity contribution is 6.05. The summed E-state index contributed by atoms with van der Waals surface area (Å²) >= 11 is 0. The fraction of sp³-hybridized carbons (Fsp3) is 0.276. The summed E-state index contributed by atoms with van der Waals surface area (Å²) in [6.45, 7) is 4.91. The van der Waals surface area contributed by atoms with E-state index in [0.29, 0.717) is 11.1 Å². The van der Waals surface area contributed by atoms with Gasteiger partial charge in [0.05, 0.1) is 24.1 Å². The van der Waals surface area contributed by atoms with Crippen LogP contribution in [0.5, 0.6) is 23.3 Å². The fourth-order valence-electron chi connectivity index (χ4n) is 4.37. The number of Topliss-reactive ketones (excluding diaryl/α,β-unsaturated/α-hetero) is 1. The third kappa shape index (κ3) is 6.83. The molecular formula is C29H29F2N3O7. The van der Waals surface area contributed by atoms with Gasteiger partial charge in [0.2, 0.25) is 17.7 Å². The summed E-state index contributed by atoms with van der Waals surface area (Å²) in [4.78, 5) is 41.4. The highest BCUT2D eigenvalue weighted by Crippen LogP contribution is 2.41. The first kappa shape index (κ1) is 29.1. The van der Waals surface area contributed by atoms with Crippen molar-refractivity contribution in [3.05, 3.63) is 76.9 Å². The van der Waals surface area contributed by atoms with E-state index in [4.69, 9.17) is 0 Å². The minimum atomic E-state index is -3.76. The quantitative estimate of drug-likeness (QED) is 0.180. The lowest BCUT2D eigenvalue weighted by Crippen LogP contribution is -2.45. The van der Waals surface area contributed by atoms with Crippen molar-refractivity contribution in [1.29, 1.82) is 0 Å². The molecular weight excluding hydrogens is 540 g/mol. The van der Waals surface area contributed by atoms with Crippen molar-refractivity contribution in [2.75, 3.05) is 0 Å². The molecule has 0 bridgehead atoms. The van der Waals surface area contributed by atoms with Crippen LogP contribution in [0, 0.1) is 12.8 Å². The molecule has 0 fully saturated rings. The molecule has 0 unspecified atom stereocenters. The fourth-order valence-corrected chi connectivity index (χ4v) is 4.37. The van der Waals surface area contributed by atoms with Crippen LogP contribution in [-0.4, -0.2) is 45.1 Å². The van der Waals surface area contributed by atoms with Crippen LogP contribution in [-0.2, 0) is 9.59 Å². The van der Waals surface area contributed by atoms with Crippen LogP contribution in [0.15, 0.2) is 54.6 Å². The molecule has 0 aliphatic carbocycles. The Morgan fingerprint density at radius 3 is 2.32 bits per heavy atom. The molecule has 216 valence electrons. The van der Waals surface area contributed by atoms with Crippen molar-refractivity contribution in [1.82, 2.24) is 15.6 Å². The van der Waals surface area contributed by atoms with E-state index in [0.717, 1.165) is 0 Å². The molecule has 1 aromatic heterocycles. The Labute approximate surface area is 234 Å². The SMILES string of the molecule is Cc1c(O)[nH]c(O)c1C(=O)[C@@H](NC(=O)C[C@H](NC(=O)C=Cc1ccc2c(c1)OC(F)(F)O2)c1ccccc1)C(C)C. The number of rotatable bonds is 10. The van der Waals surface area contributed by atoms with Crippen molar-refractivity contribution in [3.63, 3.8) is 0 Å². The molecule has 4 rings (SSSR count). The van der Waals surface area contributed by atoms with Crippen LogP contribution in [0.1, 0.15) is 53.4 Å². The summed E-state index contributed by atoms with van der Waals surface area (Å²) in [6.07, 6.45) is -1.39. The summed E-state index contributed by atoms with van der Waals surface area (Å²) in [5, 5.41) is 25.4. The number of alkyl halides is 2. The molecule has 5 N–H and O–H groups in total. The maximum Gasteiger partial charge on any atom is 0.586 e. The van der Waals surface area contributed by atoms with E-state index in [1.165, 1.54) is 37.3 Å². The minimum Gasteiger partial charge on any atom is -0.494 e. The number of nitrogens with one attached hydrogen (secondary N) is 3. The molecule has 2 heterocycles. The topological polar surface area (TPSA) is 150 Å².